The number of piperidine rings is 1. The van der Waals surface area contributed by atoms with Crippen LogP contribution in [0.25, 0.3) is 0 Å². The van der Waals surface area contributed by atoms with E-state index in [0.717, 1.165) is 24.6 Å². The Morgan fingerprint density at radius 1 is 1.32 bits per heavy atom. The van der Waals surface area contributed by atoms with Crippen molar-refractivity contribution >= 4 is 5.91 Å². The first-order valence-electron chi connectivity index (χ1n) is 8.14. The quantitative estimate of drug-likeness (QED) is 0.903. The van der Waals surface area contributed by atoms with Crippen LogP contribution in [0, 0.1) is 5.92 Å². The molecule has 4 rings (SSSR count). The molecule has 5 heteroatoms. The molecule has 3 aliphatic heterocycles. The van der Waals surface area contributed by atoms with Crippen LogP contribution in [0.5, 0.6) is 11.5 Å². The van der Waals surface area contributed by atoms with Crippen molar-refractivity contribution in [3.05, 3.63) is 23.8 Å². The molecule has 2 bridgehead atoms. The predicted molar refractivity (Wildman–Crippen MR) is 82.4 cm³/mol. The summed E-state index contributed by atoms with van der Waals surface area (Å²) < 4.78 is 11.3. The molecule has 1 N–H and O–H groups in total. The highest BCUT2D eigenvalue weighted by molar-refractivity contribution is 5.95. The summed E-state index contributed by atoms with van der Waals surface area (Å²) in [5, 5.41) is 3.18. The van der Waals surface area contributed by atoms with Gasteiger partial charge in [-0.15, -0.1) is 0 Å². The first kappa shape index (κ1) is 13.9. The van der Waals surface area contributed by atoms with E-state index in [1.165, 1.54) is 19.5 Å². The second kappa shape index (κ2) is 5.47. The first-order chi connectivity index (χ1) is 10.7. The van der Waals surface area contributed by atoms with Crippen LogP contribution in [0.3, 0.4) is 0 Å². The summed E-state index contributed by atoms with van der Waals surface area (Å²) in [6, 6.07) is 5.69. The Hall–Kier alpha value is -1.75. The fourth-order valence-corrected chi connectivity index (χ4v) is 3.75. The molecule has 3 aliphatic rings. The normalized spacial score (nSPS) is 32.6. The van der Waals surface area contributed by atoms with Gasteiger partial charge in [0.1, 0.15) is 12.7 Å². The summed E-state index contributed by atoms with van der Waals surface area (Å²) in [5.41, 5.74) is 0.643. The van der Waals surface area contributed by atoms with Crippen molar-refractivity contribution in [2.45, 2.75) is 31.9 Å². The number of ether oxygens (including phenoxy) is 2. The van der Waals surface area contributed by atoms with Gasteiger partial charge < -0.3 is 19.7 Å². The Bertz CT molecular complexity index is 577. The molecule has 2 saturated heterocycles. The molecule has 118 valence electrons. The van der Waals surface area contributed by atoms with Gasteiger partial charge in [0.2, 0.25) is 0 Å². The van der Waals surface area contributed by atoms with Gasteiger partial charge in [0.05, 0.1) is 0 Å². The van der Waals surface area contributed by atoms with Crippen molar-refractivity contribution in [2.75, 3.05) is 26.2 Å². The van der Waals surface area contributed by atoms with Crippen molar-refractivity contribution in [1.29, 1.82) is 0 Å². The molecule has 3 heterocycles. The number of rotatable bonds is 2. The zero-order valence-electron chi connectivity index (χ0n) is 12.9. The largest absolute Gasteiger partial charge is 0.486 e. The molecule has 4 atom stereocenters. The molecule has 0 aliphatic carbocycles. The van der Waals surface area contributed by atoms with Gasteiger partial charge in [-0.05, 0) is 50.4 Å². The van der Waals surface area contributed by atoms with E-state index in [-0.39, 0.29) is 18.1 Å². The minimum atomic E-state index is -0.0165. The summed E-state index contributed by atoms with van der Waals surface area (Å²) in [7, 11) is 0. The fourth-order valence-electron chi connectivity index (χ4n) is 3.75. The van der Waals surface area contributed by atoms with E-state index in [4.69, 9.17) is 9.47 Å². The van der Waals surface area contributed by atoms with Crippen molar-refractivity contribution < 1.29 is 14.3 Å². The molecule has 0 radical (unpaired) electrons. The molecule has 0 saturated carbocycles. The number of carbonyl (C=O) groups is 1. The third-order valence-electron chi connectivity index (χ3n) is 4.81. The number of fused-ring (bicyclic) bond motifs is 3. The molecule has 1 aromatic carbocycles. The molecule has 5 nitrogen and oxygen atoms in total. The van der Waals surface area contributed by atoms with Crippen molar-refractivity contribution in [3.63, 3.8) is 0 Å². The smallest absolute Gasteiger partial charge is 0.251 e. The first-order valence-corrected chi connectivity index (χ1v) is 8.14. The number of nitrogens with zero attached hydrogens (tertiary/aromatic N) is 1. The van der Waals surface area contributed by atoms with Crippen LogP contribution in [0.2, 0.25) is 0 Å². The Morgan fingerprint density at radius 2 is 2.23 bits per heavy atom. The third kappa shape index (κ3) is 2.65. The second-order valence-electron chi connectivity index (χ2n) is 6.72. The van der Waals surface area contributed by atoms with Gasteiger partial charge >= 0.3 is 0 Å². The molecule has 1 aromatic rings. The molecule has 1 unspecified atom stereocenters. The molecular formula is C17H22N2O3. The van der Waals surface area contributed by atoms with Crippen LogP contribution < -0.4 is 14.8 Å². The van der Waals surface area contributed by atoms with Crippen LogP contribution in [-0.2, 0) is 0 Å². The Kier molecular flexibility index (Phi) is 3.45. The van der Waals surface area contributed by atoms with Gasteiger partial charge in [0.25, 0.3) is 5.91 Å². The topological polar surface area (TPSA) is 50.8 Å². The van der Waals surface area contributed by atoms with Crippen LogP contribution in [0.4, 0.5) is 0 Å². The number of hydrogen-bond acceptors (Lipinski definition) is 4. The van der Waals surface area contributed by atoms with Crippen LogP contribution >= 0.6 is 0 Å². The molecular weight excluding hydrogens is 280 g/mol. The van der Waals surface area contributed by atoms with Gasteiger partial charge in [0.15, 0.2) is 11.5 Å². The van der Waals surface area contributed by atoms with E-state index in [2.05, 4.69) is 10.2 Å². The zero-order chi connectivity index (χ0) is 15.1. The number of carbonyl (C=O) groups excluding carboxylic acids is 1. The third-order valence-corrected chi connectivity index (χ3v) is 4.81. The van der Waals surface area contributed by atoms with Gasteiger partial charge in [-0.2, -0.15) is 0 Å². The lowest BCUT2D eigenvalue weighted by molar-refractivity contribution is 0.0902. The molecule has 0 spiro atoms. The maximum Gasteiger partial charge on any atom is 0.251 e. The van der Waals surface area contributed by atoms with Crippen molar-refractivity contribution in [1.82, 2.24) is 10.2 Å². The maximum absolute atomic E-state index is 12.5. The van der Waals surface area contributed by atoms with E-state index in [9.17, 15) is 4.79 Å². The van der Waals surface area contributed by atoms with Crippen molar-refractivity contribution in [2.24, 2.45) is 5.92 Å². The van der Waals surface area contributed by atoms with E-state index in [0.29, 0.717) is 17.9 Å². The van der Waals surface area contributed by atoms with Gasteiger partial charge in [-0.25, -0.2) is 0 Å². The molecule has 22 heavy (non-hydrogen) atoms. The van der Waals surface area contributed by atoms with E-state index in [1.807, 2.05) is 19.1 Å². The highest BCUT2D eigenvalue weighted by Gasteiger charge is 2.33. The Morgan fingerprint density at radius 3 is 3.09 bits per heavy atom. The van der Waals surface area contributed by atoms with Crippen molar-refractivity contribution in [3.8, 4) is 11.5 Å². The molecule has 2 fully saturated rings. The highest BCUT2D eigenvalue weighted by Crippen LogP contribution is 2.33. The fraction of sp³-hybridized carbons (Fsp3) is 0.588. The molecule has 1 amide bonds. The zero-order valence-corrected chi connectivity index (χ0v) is 12.9. The summed E-state index contributed by atoms with van der Waals surface area (Å²) in [4.78, 5) is 14.9. The predicted octanol–water partition coefficient (Wildman–Crippen LogP) is 1.67. The van der Waals surface area contributed by atoms with Crippen LogP contribution in [0.15, 0.2) is 18.2 Å². The van der Waals surface area contributed by atoms with Gasteiger partial charge in [0, 0.05) is 24.7 Å². The standard InChI is InChI=1S/C17H22N2O3/c1-11-10-21-15-3-2-13(7-16(15)22-11)17(20)18-14-6-12-4-5-19(8-12)9-14/h2-3,7,11-12,14H,4-6,8-10H2,1H3,(H,18,20)/t11-,12+,14-/m1/s1. The highest BCUT2D eigenvalue weighted by atomic mass is 16.6. The van der Waals surface area contributed by atoms with Gasteiger partial charge in [-0.3, -0.25) is 4.79 Å². The average molecular weight is 302 g/mol. The summed E-state index contributed by atoms with van der Waals surface area (Å²) in [6.07, 6.45) is 2.39. The van der Waals surface area contributed by atoms with E-state index in [1.54, 1.807) is 6.07 Å². The number of amides is 1. The van der Waals surface area contributed by atoms with Gasteiger partial charge in [-0.1, -0.05) is 0 Å². The number of hydrogen-bond donors (Lipinski definition) is 1. The summed E-state index contributed by atoms with van der Waals surface area (Å²) in [6.45, 7) is 5.87. The van der Waals surface area contributed by atoms with E-state index >= 15 is 0 Å². The average Bonchev–Trinajstić information content (AvgIpc) is 2.85. The maximum atomic E-state index is 12.5. The molecule has 0 aromatic heterocycles. The summed E-state index contributed by atoms with van der Waals surface area (Å²) >= 11 is 0. The lowest BCUT2D eigenvalue weighted by atomic mass is 9.96. The lowest BCUT2D eigenvalue weighted by Gasteiger charge is -2.30. The number of nitrogens with one attached hydrogen (secondary N) is 1. The Labute approximate surface area is 130 Å². The van der Waals surface area contributed by atoms with Crippen LogP contribution in [-0.4, -0.2) is 49.2 Å². The summed E-state index contributed by atoms with van der Waals surface area (Å²) in [5.74, 6) is 2.12. The number of benzene rings is 1. The minimum absolute atomic E-state index is 0.0165. The second-order valence-corrected chi connectivity index (χ2v) is 6.72. The lowest BCUT2D eigenvalue weighted by Crippen LogP contribution is -2.47. The monoisotopic (exact) mass is 302 g/mol. The minimum Gasteiger partial charge on any atom is -0.486 e. The Balaban J connectivity index is 1.45. The SMILES string of the molecule is C[C@@H]1COc2ccc(C(=O)N[C@@H]3C[C@@H]4CCN(C4)C3)cc2O1. The van der Waals surface area contributed by atoms with Crippen LogP contribution in [0.1, 0.15) is 30.1 Å². The van der Waals surface area contributed by atoms with E-state index < -0.39 is 0 Å².